The van der Waals surface area contributed by atoms with Gasteiger partial charge in [0.25, 0.3) is 0 Å². The van der Waals surface area contributed by atoms with Gasteiger partial charge >= 0.3 is 0 Å². The molecule has 4 aliphatic heterocycles. The summed E-state index contributed by atoms with van der Waals surface area (Å²) in [6.07, 6.45) is 0. The average molecular weight is 413 g/mol. The first kappa shape index (κ1) is 18.9. The zero-order valence-electron chi connectivity index (χ0n) is 14.8. The highest BCUT2D eigenvalue weighted by Gasteiger charge is 2.74. The van der Waals surface area contributed by atoms with Gasteiger partial charge in [-0.3, -0.25) is 0 Å². The number of hydrogen-bond acceptors (Lipinski definition) is 6. The minimum absolute atomic E-state index is 0.320. The molecule has 0 unspecified atom stereocenters. The maximum Gasteiger partial charge on any atom is 0.115 e. The molecule has 128 valence electrons. The van der Waals surface area contributed by atoms with E-state index < -0.39 is 0 Å². The molecule has 4 fully saturated rings. The van der Waals surface area contributed by atoms with Gasteiger partial charge in [0.15, 0.2) is 0 Å². The highest BCUT2D eigenvalue weighted by Crippen LogP contribution is 2.92. The average Bonchev–Trinajstić information content (AvgIpc) is 2.36. The largest absolute Gasteiger partial charge is 0.115 e. The van der Waals surface area contributed by atoms with Crippen molar-refractivity contribution in [3.63, 3.8) is 0 Å². The fourth-order valence-corrected chi connectivity index (χ4v) is 23.3. The van der Waals surface area contributed by atoms with Gasteiger partial charge in [0.2, 0.25) is 0 Å². The minimum atomic E-state index is 0.320. The van der Waals surface area contributed by atoms with E-state index in [1.54, 1.807) is 0 Å². The van der Waals surface area contributed by atoms with Crippen LogP contribution in [0, 0.1) is 23.7 Å². The Kier molecular flexibility index (Phi) is 4.98. The van der Waals surface area contributed by atoms with Crippen molar-refractivity contribution in [2.24, 2.45) is 23.7 Å². The van der Waals surface area contributed by atoms with Crippen LogP contribution in [0.5, 0.6) is 0 Å². The SMILES string of the molecule is CC(C)C12SC3(C(C)C)SC(C(C)C)(S1)SC(C(C)C)(S2)S3. The van der Waals surface area contributed by atoms with Crippen LogP contribution in [0.4, 0.5) is 0 Å². The van der Waals surface area contributed by atoms with Gasteiger partial charge in [0, 0.05) is 0 Å². The molecule has 0 aromatic heterocycles. The van der Waals surface area contributed by atoms with Gasteiger partial charge in [0.05, 0.1) is 0 Å². The summed E-state index contributed by atoms with van der Waals surface area (Å²) in [6, 6.07) is 0. The molecule has 4 rings (SSSR count). The minimum Gasteiger partial charge on any atom is -0.104 e. The van der Waals surface area contributed by atoms with Gasteiger partial charge < -0.3 is 0 Å². The van der Waals surface area contributed by atoms with Crippen molar-refractivity contribution >= 4 is 70.6 Å². The van der Waals surface area contributed by atoms with E-state index in [4.69, 9.17) is 0 Å². The van der Waals surface area contributed by atoms with Crippen LogP contribution in [0.15, 0.2) is 0 Å². The van der Waals surface area contributed by atoms with E-state index in [2.05, 4.69) is 126 Å². The molecule has 4 saturated heterocycles. The molecule has 4 bridgehead atoms. The van der Waals surface area contributed by atoms with Crippen molar-refractivity contribution in [2.45, 2.75) is 69.0 Å². The molecule has 0 amide bonds. The molecule has 0 aromatic carbocycles. The molecule has 0 atom stereocenters. The van der Waals surface area contributed by atoms with Crippen LogP contribution in [-0.2, 0) is 0 Å². The molecule has 0 nitrogen and oxygen atoms in total. The number of hydrogen-bond donors (Lipinski definition) is 0. The van der Waals surface area contributed by atoms with Gasteiger partial charge in [-0.15, -0.1) is 70.6 Å². The molecule has 22 heavy (non-hydrogen) atoms. The quantitative estimate of drug-likeness (QED) is 0.461. The topological polar surface area (TPSA) is 0 Å². The van der Waals surface area contributed by atoms with Crippen molar-refractivity contribution in [1.82, 2.24) is 0 Å². The van der Waals surface area contributed by atoms with Crippen LogP contribution < -0.4 is 0 Å². The summed E-state index contributed by atoms with van der Waals surface area (Å²) in [5.41, 5.74) is 0. The van der Waals surface area contributed by atoms with E-state index in [0.717, 1.165) is 0 Å². The molecule has 6 heteroatoms. The summed E-state index contributed by atoms with van der Waals surface area (Å²) >= 11 is 13.7. The molecular formula is C16H28S6. The first-order valence-electron chi connectivity index (χ1n) is 8.22. The molecule has 4 aliphatic rings. The van der Waals surface area contributed by atoms with E-state index in [-0.39, 0.29) is 0 Å². The van der Waals surface area contributed by atoms with Crippen molar-refractivity contribution in [3.8, 4) is 0 Å². The van der Waals surface area contributed by atoms with Crippen LogP contribution >= 0.6 is 70.6 Å². The zero-order valence-corrected chi connectivity index (χ0v) is 19.7. The molecule has 0 saturated carbocycles. The Balaban J connectivity index is 2.17. The Labute approximate surface area is 162 Å². The third-order valence-corrected chi connectivity index (χ3v) is 19.6. The smallest absolute Gasteiger partial charge is 0.104 e. The van der Waals surface area contributed by atoms with Crippen molar-refractivity contribution in [2.75, 3.05) is 0 Å². The van der Waals surface area contributed by atoms with E-state index in [9.17, 15) is 0 Å². The maximum absolute atomic E-state index is 2.44. The summed E-state index contributed by atoms with van der Waals surface area (Å²) in [5, 5.41) is 0. The van der Waals surface area contributed by atoms with Gasteiger partial charge in [-0.05, 0) is 23.7 Å². The predicted molar refractivity (Wildman–Crippen MR) is 116 cm³/mol. The van der Waals surface area contributed by atoms with Gasteiger partial charge in [0.1, 0.15) is 13.6 Å². The zero-order chi connectivity index (χ0) is 16.6. The maximum atomic E-state index is 2.44. The van der Waals surface area contributed by atoms with Crippen LogP contribution in [0.2, 0.25) is 0 Å². The van der Waals surface area contributed by atoms with Gasteiger partial charge in [-0.25, -0.2) is 0 Å². The van der Waals surface area contributed by atoms with E-state index in [0.29, 0.717) is 37.3 Å². The Morgan fingerprint density at radius 2 is 0.500 bits per heavy atom. The van der Waals surface area contributed by atoms with Crippen LogP contribution in [0.3, 0.4) is 0 Å². The Morgan fingerprint density at radius 1 is 0.364 bits per heavy atom. The highest BCUT2D eigenvalue weighted by molar-refractivity contribution is 8.64. The molecule has 0 N–H and O–H groups in total. The summed E-state index contributed by atoms with van der Waals surface area (Å²) in [7, 11) is 0. The Hall–Kier alpha value is 2.10. The standard InChI is InChI=1S/C16H28S6/c1-9(2)13-17-14(10(3)4)20-15(18-13,11(5)6)22-16(19-13,21-14)12(7)8/h9-12H,1-8H3. The molecule has 0 spiro atoms. The molecule has 0 radical (unpaired) electrons. The van der Waals surface area contributed by atoms with Crippen LogP contribution in [0.1, 0.15) is 55.4 Å². The lowest BCUT2D eigenvalue weighted by molar-refractivity contribution is 0.600. The Morgan fingerprint density at radius 3 is 0.591 bits per heavy atom. The summed E-state index contributed by atoms with van der Waals surface area (Å²) in [4.78, 5) is 0. The molecule has 4 heterocycles. The fraction of sp³-hybridized carbons (Fsp3) is 1.00. The second-order valence-electron chi connectivity index (χ2n) is 7.65. The first-order valence-corrected chi connectivity index (χ1v) is 13.1. The monoisotopic (exact) mass is 412 g/mol. The highest BCUT2D eigenvalue weighted by atomic mass is 32.4. The first-order chi connectivity index (χ1) is 10.0. The van der Waals surface area contributed by atoms with Gasteiger partial charge in [-0.1, -0.05) is 55.4 Å². The second-order valence-corrected chi connectivity index (χ2v) is 19.7. The third kappa shape index (κ3) is 2.55. The van der Waals surface area contributed by atoms with Crippen molar-refractivity contribution < 1.29 is 0 Å². The number of thioether (sulfide) groups is 6. The predicted octanol–water partition coefficient (Wildman–Crippen LogP) is 7.67. The van der Waals surface area contributed by atoms with E-state index in [1.807, 2.05) is 0 Å². The fourth-order valence-electron chi connectivity index (χ4n) is 2.85. The lowest BCUT2D eigenvalue weighted by Gasteiger charge is -2.70. The van der Waals surface area contributed by atoms with Crippen molar-refractivity contribution in [1.29, 1.82) is 0 Å². The Bertz CT molecular complexity index is 338. The third-order valence-electron chi connectivity index (χ3n) is 4.54. The van der Waals surface area contributed by atoms with Crippen LogP contribution in [-0.4, -0.2) is 13.6 Å². The normalized spacial score (nSPS) is 47.5. The van der Waals surface area contributed by atoms with Gasteiger partial charge in [-0.2, -0.15) is 0 Å². The van der Waals surface area contributed by atoms with Crippen LogP contribution in [0.25, 0.3) is 0 Å². The molecule has 0 aromatic rings. The summed E-state index contributed by atoms with van der Waals surface area (Å²) in [6.45, 7) is 19.5. The number of rotatable bonds is 4. The van der Waals surface area contributed by atoms with E-state index >= 15 is 0 Å². The lowest BCUT2D eigenvalue weighted by atomic mass is 10.2. The van der Waals surface area contributed by atoms with Crippen molar-refractivity contribution in [3.05, 3.63) is 0 Å². The molecular weight excluding hydrogens is 385 g/mol. The summed E-state index contributed by atoms with van der Waals surface area (Å²) in [5.74, 6) is 2.79. The lowest BCUT2D eigenvalue weighted by Crippen LogP contribution is -2.59. The van der Waals surface area contributed by atoms with E-state index in [1.165, 1.54) is 0 Å². The summed E-state index contributed by atoms with van der Waals surface area (Å²) < 4.78 is 1.28. The second kappa shape index (κ2) is 5.80. The molecule has 0 aliphatic carbocycles.